The van der Waals surface area contributed by atoms with Crippen LogP contribution < -0.4 is 10.1 Å². The van der Waals surface area contributed by atoms with Crippen LogP contribution in [-0.4, -0.2) is 38.1 Å². The highest BCUT2D eigenvalue weighted by atomic mass is 35.5. The maximum atomic E-state index is 12.5. The SMILES string of the molecule is CN(C)C(CNC(=O)c1ccc(OCC2CC2)cc1)c1ccccc1Cl. The fraction of sp³-hybridized carbons (Fsp3) is 0.381. The number of benzene rings is 2. The zero-order valence-corrected chi connectivity index (χ0v) is 16.0. The van der Waals surface area contributed by atoms with Crippen molar-refractivity contribution in [2.75, 3.05) is 27.2 Å². The Hall–Kier alpha value is -2.04. The molecule has 0 saturated heterocycles. The number of amides is 1. The third-order valence-electron chi connectivity index (χ3n) is 4.64. The molecule has 1 amide bonds. The van der Waals surface area contributed by atoms with E-state index in [1.807, 2.05) is 50.5 Å². The second-order valence-electron chi connectivity index (χ2n) is 6.99. The molecule has 1 unspecified atom stereocenters. The van der Waals surface area contributed by atoms with Gasteiger partial charge in [0.05, 0.1) is 12.6 Å². The molecule has 3 rings (SSSR count). The van der Waals surface area contributed by atoms with Gasteiger partial charge in [0.1, 0.15) is 5.75 Å². The molecule has 2 aromatic rings. The van der Waals surface area contributed by atoms with E-state index < -0.39 is 0 Å². The Morgan fingerprint density at radius 2 is 1.88 bits per heavy atom. The second-order valence-corrected chi connectivity index (χ2v) is 7.40. The number of likely N-dealkylation sites (N-methyl/N-ethyl adjacent to an activating group) is 1. The lowest BCUT2D eigenvalue weighted by atomic mass is 10.1. The Bertz CT molecular complexity index is 742. The van der Waals surface area contributed by atoms with Gasteiger partial charge in [0, 0.05) is 17.1 Å². The third kappa shape index (κ3) is 4.99. The molecule has 0 spiro atoms. The van der Waals surface area contributed by atoms with Crippen molar-refractivity contribution in [1.82, 2.24) is 10.2 Å². The number of ether oxygens (including phenoxy) is 1. The highest BCUT2D eigenvalue weighted by Gasteiger charge is 2.22. The molecule has 4 nitrogen and oxygen atoms in total. The van der Waals surface area contributed by atoms with Crippen molar-refractivity contribution < 1.29 is 9.53 Å². The van der Waals surface area contributed by atoms with Crippen LogP contribution in [0, 0.1) is 5.92 Å². The van der Waals surface area contributed by atoms with Gasteiger partial charge in [-0.1, -0.05) is 29.8 Å². The van der Waals surface area contributed by atoms with Gasteiger partial charge in [-0.2, -0.15) is 0 Å². The van der Waals surface area contributed by atoms with Crippen LogP contribution in [0.1, 0.15) is 34.8 Å². The summed E-state index contributed by atoms with van der Waals surface area (Å²) in [5, 5.41) is 3.71. The second kappa shape index (κ2) is 8.56. The lowest BCUT2D eigenvalue weighted by Gasteiger charge is -2.26. The molecule has 1 atom stereocenters. The predicted octanol–water partition coefficient (Wildman–Crippen LogP) is 4.16. The summed E-state index contributed by atoms with van der Waals surface area (Å²) in [6, 6.07) is 15.1. The molecule has 26 heavy (non-hydrogen) atoms. The largest absolute Gasteiger partial charge is 0.493 e. The van der Waals surface area contributed by atoms with Crippen LogP contribution in [0.15, 0.2) is 48.5 Å². The number of nitrogens with zero attached hydrogens (tertiary/aromatic N) is 1. The van der Waals surface area contributed by atoms with E-state index in [1.165, 1.54) is 12.8 Å². The van der Waals surface area contributed by atoms with Crippen molar-refractivity contribution >= 4 is 17.5 Å². The minimum atomic E-state index is -0.0994. The molecule has 1 fully saturated rings. The Morgan fingerprint density at radius 1 is 1.19 bits per heavy atom. The summed E-state index contributed by atoms with van der Waals surface area (Å²) in [4.78, 5) is 14.5. The highest BCUT2D eigenvalue weighted by molar-refractivity contribution is 6.31. The monoisotopic (exact) mass is 372 g/mol. The van der Waals surface area contributed by atoms with E-state index in [1.54, 1.807) is 12.1 Å². The number of nitrogens with one attached hydrogen (secondary N) is 1. The van der Waals surface area contributed by atoms with Gasteiger partial charge < -0.3 is 15.0 Å². The zero-order chi connectivity index (χ0) is 18.5. The van der Waals surface area contributed by atoms with E-state index in [4.69, 9.17) is 16.3 Å². The van der Waals surface area contributed by atoms with Crippen LogP contribution in [0.4, 0.5) is 0 Å². The van der Waals surface area contributed by atoms with E-state index in [0.717, 1.165) is 17.9 Å². The first kappa shape index (κ1) is 18.7. The maximum absolute atomic E-state index is 12.5. The van der Waals surface area contributed by atoms with Crippen molar-refractivity contribution in [2.24, 2.45) is 5.92 Å². The lowest BCUT2D eigenvalue weighted by Crippen LogP contribution is -2.34. The first-order valence-electron chi connectivity index (χ1n) is 8.96. The third-order valence-corrected chi connectivity index (χ3v) is 4.99. The molecule has 1 aliphatic carbocycles. The number of carbonyl (C=O) groups excluding carboxylic acids is 1. The summed E-state index contributed by atoms with van der Waals surface area (Å²) >= 11 is 6.32. The summed E-state index contributed by atoms with van der Waals surface area (Å²) < 4.78 is 5.71. The Kier molecular flexibility index (Phi) is 6.17. The lowest BCUT2D eigenvalue weighted by molar-refractivity contribution is 0.0942. The molecular formula is C21H25ClN2O2. The summed E-state index contributed by atoms with van der Waals surface area (Å²) in [5.41, 5.74) is 1.63. The Morgan fingerprint density at radius 3 is 2.50 bits per heavy atom. The number of carbonyl (C=O) groups is 1. The smallest absolute Gasteiger partial charge is 0.251 e. The molecule has 0 heterocycles. The fourth-order valence-electron chi connectivity index (χ4n) is 2.81. The van der Waals surface area contributed by atoms with Gasteiger partial charge in [-0.3, -0.25) is 4.79 Å². The first-order chi connectivity index (χ1) is 12.5. The average molecular weight is 373 g/mol. The summed E-state index contributed by atoms with van der Waals surface area (Å²) in [6.07, 6.45) is 2.53. The molecule has 1 N–H and O–H groups in total. The molecular weight excluding hydrogens is 348 g/mol. The summed E-state index contributed by atoms with van der Waals surface area (Å²) in [5.74, 6) is 1.43. The number of rotatable bonds is 8. The van der Waals surface area contributed by atoms with Gasteiger partial charge in [-0.05, 0) is 68.8 Å². The average Bonchev–Trinajstić information content (AvgIpc) is 3.46. The molecule has 0 bridgehead atoms. The van der Waals surface area contributed by atoms with E-state index in [-0.39, 0.29) is 11.9 Å². The normalized spacial score (nSPS) is 14.9. The number of hydrogen-bond donors (Lipinski definition) is 1. The predicted molar refractivity (Wildman–Crippen MR) is 105 cm³/mol. The molecule has 5 heteroatoms. The zero-order valence-electron chi connectivity index (χ0n) is 15.2. The molecule has 0 radical (unpaired) electrons. The highest BCUT2D eigenvalue weighted by Crippen LogP contribution is 2.29. The molecule has 138 valence electrons. The van der Waals surface area contributed by atoms with Crippen LogP contribution in [0.2, 0.25) is 5.02 Å². The standard InChI is InChI=1S/C21H25ClN2O2/c1-24(2)20(18-5-3-4-6-19(18)22)13-23-21(25)16-9-11-17(12-10-16)26-14-15-7-8-15/h3-6,9-12,15,20H,7-8,13-14H2,1-2H3,(H,23,25). The minimum Gasteiger partial charge on any atom is -0.493 e. The minimum absolute atomic E-state index is 0.00815. The Balaban J connectivity index is 1.58. The quantitative estimate of drug-likeness (QED) is 0.756. The van der Waals surface area contributed by atoms with E-state index in [2.05, 4.69) is 10.2 Å². The van der Waals surface area contributed by atoms with Gasteiger partial charge in [0.25, 0.3) is 5.91 Å². The summed E-state index contributed by atoms with van der Waals surface area (Å²) in [6.45, 7) is 1.25. The fourth-order valence-corrected chi connectivity index (χ4v) is 3.07. The maximum Gasteiger partial charge on any atom is 0.251 e. The van der Waals surface area contributed by atoms with Gasteiger partial charge in [0.2, 0.25) is 0 Å². The first-order valence-corrected chi connectivity index (χ1v) is 9.34. The van der Waals surface area contributed by atoms with Crippen molar-refractivity contribution in [3.63, 3.8) is 0 Å². The topological polar surface area (TPSA) is 41.6 Å². The molecule has 1 saturated carbocycles. The molecule has 1 aliphatic rings. The molecule has 0 aromatic heterocycles. The van der Waals surface area contributed by atoms with Gasteiger partial charge in [0.15, 0.2) is 0 Å². The Labute approximate surface area is 160 Å². The van der Waals surface area contributed by atoms with Gasteiger partial charge in [-0.15, -0.1) is 0 Å². The van der Waals surface area contributed by atoms with Crippen molar-refractivity contribution in [1.29, 1.82) is 0 Å². The number of halogens is 1. The van der Waals surface area contributed by atoms with E-state index in [9.17, 15) is 4.79 Å². The number of hydrogen-bond acceptors (Lipinski definition) is 3. The van der Waals surface area contributed by atoms with Crippen LogP contribution >= 0.6 is 11.6 Å². The van der Waals surface area contributed by atoms with Gasteiger partial charge >= 0.3 is 0 Å². The van der Waals surface area contributed by atoms with Gasteiger partial charge in [-0.25, -0.2) is 0 Å². The van der Waals surface area contributed by atoms with Crippen LogP contribution in [0.3, 0.4) is 0 Å². The van der Waals surface area contributed by atoms with Crippen LogP contribution in [0.5, 0.6) is 5.75 Å². The summed E-state index contributed by atoms with van der Waals surface area (Å²) in [7, 11) is 3.96. The molecule has 0 aliphatic heterocycles. The van der Waals surface area contributed by atoms with Crippen molar-refractivity contribution in [3.05, 3.63) is 64.7 Å². The van der Waals surface area contributed by atoms with Crippen LogP contribution in [-0.2, 0) is 0 Å². The van der Waals surface area contributed by atoms with Crippen molar-refractivity contribution in [2.45, 2.75) is 18.9 Å². The van der Waals surface area contributed by atoms with Crippen molar-refractivity contribution in [3.8, 4) is 5.75 Å². The van der Waals surface area contributed by atoms with Crippen LogP contribution in [0.25, 0.3) is 0 Å². The van der Waals surface area contributed by atoms with E-state index >= 15 is 0 Å². The molecule has 2 aromatic carbocycles. The van der Waals surface area contributed by atoms with E-state index in [0.29, 0.717) is 23.0 Å².